The van der Waals surface area contributed by atoms with Gasteiger partial charge in [0.05, 0.1) is 23.2 Å². The predicted octanol–water partition coefficient (Wildman–Crippen LogP) is 1.21. The fraction of sp³-hybridized carbons (Fsp3) is 0.333. The van der Waals surface area contributed by atoms with E-state index in [1.54, 1.807) is 0 Å². The first-order chi connectivity index (χ1) is 8.09. The van der Waals surface area contributed by atoms with Crippen molar-refractivity contribution in [1.82, 2.24) is 9.97 Å². The first-order valence-corrected chi connectivity index (χ1v) is 5.54. The average molecular weight is 231 g/mol. The van der Waals surface area contributed by atoms with Gasteiger partial charge in [-0.3, -0.25) is 4.79 Å². The molecule has 88 valence electrons. The minimum absolute atomic E-state index is 0.455. The molecular weight excluding hydrogens is 218 g/mol. The number of hydrogen-bond acceptors (Lipinski definition) is 3. The Labute approximate surface area is 98.0 Å². The molecule has 0 atom stereocenters. The molecule has 0 bridgehead atoms. The summed E-state index contributed by atoms with van der Waals surface area (Å²) in [5.41, 5.74) is 9.49. The van der Waals surface area contributed by atoms with E-state index in [1.165, 1.54) is 0 Å². The van der Waals surface area contributed by atoms with Gasteiger partial charge in [-0.15, -0.1) is 0 Å². The lowest BCUT2D eigenvalue weighted by Crippen LogP contribution is -2.14. The number of aromatic amines is 1. The molecule has 0 aliphatic carbocycles. The number of ether oxygens (including phenoxy) is 1. The lowest BCUT2D eigenvalue weighted by atomic mass is 10.00. The van der Waals surface area contributed by atoms with E-state index in [2.05, 4.69) is 9.97 Å². The van der Waals surface area contributed by atoms with E-state index in [1.807, 2.05) is 13.8 Å². The molecule has 3 N–H and O–H groups in total. The minimum Gasteiger partial charge on any atom is -0.492 e. The number of primary amides is 1. The molecule has 0 fully saturated rings. The molecule has 1 aromatic carbocycles. The Hall–Kier alpha value is -2.04. The van der Waals surface area contributed by atoms with Crippen molar-refractivity contribution in [3.8, 4) is 5.75 Å². The summed E-state index contributed by atoms with van der Waals surface area (Å²) in [5, 5.41) is 0. The Kier molecular flexibility index (Phi) is 1.92. The molecule has 2 heterocycles. The number of carbonyl (C=O) groups excluding carboxylic acids is 1. The summed E-state index contributed by atoms with van der Waals surface area (Å²) < 4.78 is 5.54. The summed E-state index contributed by atoms with van der Waals surface area (Å²) in [6.07, 6.45) is 0.786. The van der Waals surface area contributed by atoms with Gasteiger partial charge in [-0.25, -0.2) is 4.98 Å². The van der Waals surface area contributed by atoms with Gasteiger partial charge in [0.25, 0.3) is 5.91 Å². The number of imidazole rings is 1. The summed E-state index contributed by atoms with van der Waals surface area (Å²) in [4.78, 5) is 19.2. The minimum atomic E-state index is -0.455. The highest BCUT2D eigenvalue weighted by Gasteiger charge is 2.27. The summed E-state index contributed by atoms with van der Waals surface area (Å²) in [6, 6.07) is 0. The van der Waals surface area contributed by atoms with Crippen LogP contribution in [-0.4, -0.2) is 22.5 Å². The van der Waals surface area contributed by atoms with Crippen LogP contribution >= 0.6 is 0 Å². The lowest BCUT2D eigenvalue weighted by molar-refractivity contribution is 0.0997. The highest BCUT2D eigenvalue weighted by Crippen LogP contribution is 2.37. The fourth-order valence-electron chi connectivity index (χ4n) is 2.48. The first-order valence-electron chi connectivity index (χ1n) is 5.54. The number of aryl methyl sites for hydroxylation is 2. The number of hydrogen-bond donors (Lipinski definition) is 2. The topological polar surface area (TPSA) is 81.0 Å². The van der Waals surface area contributed by atoms with Crippen LogP contribution in [-0.2, 0) is 6.42 Å². The smallest absolute Gasteiger partial charge is 0.252 e. The van der Waals surface area contributed by atoms with E-state index in [9.17, 15) is 4.79 Å². The molecule has 1 aliphatic rings. The maximum absolute atomic E-state index is 11.5. The Balaban J connectivity index is 2.49. The van der Waals surface area contributed by atoms with Crippen molar-refractivity contribution in [2.75, 3.05) is 6.61 Å². The maximum Gasteiger partial charge on any atom is 0.252 e. The number of nitrogens with one attached hydrogen (secondary N) is 1. The highest BCUT2D eigenvalue weighted by atomic mass is 16.5. The van der Waals surface area contributed by atoms with Gasteiger partial charge in [-0.2, -0.15) is 0 Å². The molecule has 0 unspecified atom stereocenters. The largest absolute Gasteiger partial charge is 0.492 e. The van der Waals surface area contributed by atoms with Crippen LogP contribution in [0.15, 0.2) is 0 Å². The molecule has 1 amide bonds. The highest BCUT2D eigenvalue weighted by molar-refractivity contribution is 6.03. The zero-order valence-corrected chi connectivity index (χ0v) is 9.76. The summed E-state index contributed by atoms with van der Waals surface area (Å²) in [5.74, 6) is 1.01. The summed E-state index contributed by atoms with van der Waals surface area (Å²) in [7, 11) is 0. The van der Waals surface area contributed by atoms with Crippen LogP contribution in [0.25, 0.3) is 11.0 Å². The quantitative estimate of drug-likeness (QED) is 0.774. The van der Waals surface area contributed by atoms with Crippen LogP contribution in [0, 0.1) is 13.8 Å². The number of fused-ring (bicyclic) bond motifs is 3. The van der Waals surface area contributed by atoms with Gasteiger partial charge in [0, 0.05) is 12.0 Å². The maximum atomic E-state index is 11.5. The molecule has 0 spiro atoms. The standard InChI is InChI=1S/C12H13N3O2/c1-5-8(12(13)16)11-7(3-4-17-11)10-9(5)14-6(2)15-10/h3-4H2,1-2H3,(H2,13,16)(H,14,15). The van der Waals surface area contributed by atoms with E-state index < -0.39 is 5.91 Å². The number of H-pyrrole nitrogens is 1. The second kappa shape index (κ2) is 3.23. The third-order valence-corrected chi connectivity index (χ3v) is 3.20. The Morgan fingerprint density at radius 2 is 2.24 bits per heavy atom. The number of rotatable bonds is 1. The number of carbonyl (C=O) groups is 1. The molecule has 2 aromatic rings. The first kappa shape index (κ1) is 10.1. The van der Waals surface area contributed by atoms with Crippen LogP contribution < -0.4 is 10.5 Å². The molecule has 5 nitrogen and oxygen atoms in total. The molecule has 5 heteroatoms. The van der Waals surface area contributed by atoms with Crippen LogP contribution in [0.2, 0.25) is 0 Å². The van der Waals surface area contributed by atoms with E-state index >= 15 is 0 Å². The van der Waals surface area contributed by atoms with Crippen molar-refractivity contribution in [1.29, 1.82) is 0 Å². The number of nitrogens with two attached hydrogens (primary N) is 1. The normalized spacial score (nSPS) is 13.8. The lowest BCUT2D eigenvalue weighted by Gasteiger charge is -2.09. The van der Waals surface area contributed by atoms with E-state index in [4.69, 9.17) is 10.5 Å². The molecule has 0 radical (unpaired) electrons. The molecular formula is C12H13N3O2. The second-order valence-corrected chi connectivity index (χ2v) is 4.32. The van der Waals surface area contributed by atoms with Crippen molar-refractivity contribution >= 4 is 16.9 Å². The molecule has 0 saturated carbocycles. The van der Waals surface area contributed by atoms with E-state index in [-0.39, 0.29) is 0 Å². The summed E-state index contributed by atoms with van der Waals surface area (Å²) in [6.45, 7) is 4.34. The monoisotopic (exact) mass is 231 g/mol. The van der Waals surface area contributed by atoms with Crippen LogP contribution in [0.3, 0.4) is 0 Å². The van der Waals surface area contributed by atoms with Crippen LogP contribution in [0.5, 0.6) is 5.75 Å². The van der Waals surface area contributed by atoms with E-state index in [0.29, 0.717) is 17.9 Å². The van der Waals surface area contributed by atoms with Crippen molar-refractivity contribution in [2.24, 2.45) is 5.73 Å². The van der Waals surface area contributed by atoms with Crippen LogP contribution in [0.4, 0.5) is 0 Å². The van der Waals surface area contributed by atoms with Crippen molar-refractivity contribution in [3.63, 3.8) is 0 Å². The molecule has 3 rings (SSSR count). The number of amides is 1. The fourth-order valence-corrected chi connectivity index (χ4v) is 2.48. The van der Waals surface area contributed by atoms with Gasteiger partial charge in [-0.05, 0) is 19.4 Å². The van der Waals surface area contributed by atoms with Gasteiger partial charge in [0.1, 0.15) is 11.6 Å². The molecule has 0 saturated heterocycles. The third-order valence-electron chi connectivity index (χ3n) is 3.20. The van der Waals surface area contributed by atoms with Crippen molar-refractivity contribution in [2.45, 2.75) is 20.3 Å². The van der Waals surface area contributed by atoms with Crippen LogP contribution in [0.1, 0.15) is 27.3 Å². The predicted molar refractivity (Wildman–Crippen MR) is 63.3 cm³/mol. The molecule has 17 heavy (non-hydrogen) atoms. The number of benzene rings is 1. The zero-order valence-electron chi connectivity index (χ0n) is 9.76. The van der Waals surface area contributed by atoms with E-state index in [0.717, 1.165) is 34.4 Å². The number of nitrogens with zero attached hydrogens (tertiary/aromatic N) is 1. The van der Waals surface area contributed by atoms with Gasteiger partial charge >= 0.3 is 0 Å². The Morgan fingerprint density at radius 3 is 2.94 bits per heavy atom. The summed E-state index contributed by atoms with van der Waals surface area (Å²) >= 11 is 0. The second-order valence-electron chi connectivity index (χ2n) is 4.32. The Bertz CT molecular complexity index is 643. The van der Waals surface area contributed by atoms with Crippen molar-refractivity contribution in [3.05, 3.63) is 22.5 Å². The number of aromatic nitrogens is 2. The van der Waals surface area contributed by atoms with Gasteiger partial charge in [0.15, 0.2) is 0 Å². The van der Waals surface area contributed by atoms with Gasteiger partial charge < -0.3 is 15.5 Å². The zero-order chi connectivity index (χ0) is 12.2. The molecule has 1 aromatic heterocycles. The average Bonchev–Trinajstić information content (AvgIpc) is 2.82. The van der Waals surface area contributed by atoms with Gasteiger partial charge in [0.2, 0.25) is 0 Å². The SMILES string of the molecule is Cc1nc2c(C)c(C(N)=O)c3c(c2[nH]1)CCO3. The van der Waals surface area contributed by atoms with Crippen molar-refractivity contribution < 1.29 is 9.53 Å². The van der Waals surface area contributed by atoms with Gasteiger partial charge in [-0.1, -0.05) is 0 Å². The Morgan fingerprint density at radius 1 is 1.47 bits per heavy atom. The third kappa shape index (κ3) is 1.25. The molecule has 1 aliphatic heterocycles.